The van der Waals surface area contributed by atoms with Gasteiger partial charge in [-0.15, -0.1) is 0 Å². The van der Waals surface area contributed by atoms with Crippen molar-refractivity contribution in [1.82, 2.24) is 5.32 Å². The van der Waals surface area contributed by atoms with Crippen LogP contribution in [0.4, 0.5) is 0 Å². The second-order valence-corrected chi connectivity index (χ2v) is 5.26. The maximum atomic E-state index is 5.63. The second kappa shape index (κ2) is 9.98. The van der Waals surface area contributed by atoms with E-state index in [1.54, 1.807) is 0 Å². The van der Waals surface area contributed by atoms with Crippen molar-refractivity contribution in [2.45, 2.75) is 13.3 Å². The lowest BCUT2D eigenvalue weighted by atomic mass is 10.1. The molecule has 0 aliphatic heterocycles. The third-order valence-electron chi connectivity index (χ3n) is 3.34. The molecule has 0 saturated heterocycles. The molecule has 0 unspecified atom stereocenters. The zero-order valence-corrected chi connectivity index (χ0v) is 13.3. The fraction of sp³-hybridized carbons (Fsp3) is 0.368. The summed E-state index contributed by atoms with van der Waals surface area (Å²) >= 11 is 0. The molecule has 118 valence electrons. The minimum atomic E-state index is 0.591. The third kappa shape index (κ3) is 6.74. The predicted octanol–water partition coefficient (Wildman–Crippen LogP) is 3.22. The first-order valence-electron chi connectivity index (χ1n) is 7.86. The summed E-state index contributed by atoms with van der Waals surface area (Å²) in [5, 5.41) is 3.38. The van der Waals surface area contributed by atoms with Crippen molar-refractivity contribution in [3.8, 4) is 5.75 Å². The van der Waals surface area contributed by atoms with Gasteiger partial charge in [-0.25, -0.2) is 0 Å². The van der Waals surface area contributed by atoms with Gasteiger partial charge in [0.05, 0.1) is 13.2 Å². The van der Waals surface area contributed by atoms with Gasteiger partial charge >= 0.3 is 0 Å². The molecule has 2 rings (SSSR count). The molecule has 0 saturated carbocycles. The van der Waals surface area contributed by atoms with Crippen molar-refractivity contribution in [2.75, 3.05) is 32.9 Å². The summed E-state index contributed by atoms with van der Waals surface area (Å²) in [6.45, 7) is 5.84. The molecule has 0 amide bonds. The molecule has 0 atom stereocenters. The van der Waals surface area contributed by atoms with Crippen LogP contribution in [0.25, 0.3) is 0 Å². The monoisotopic (exact) mass is 299 g/mol. The lowest BCUT2D eigenvalue weighted by Crippen LogP contribution is -2.23. The molecule has 0 aromatic heterocycles. The van der Waals surface area contributed by atoms with Crippen LogP contribution in [0.2, 0.25) is 0 Å². The minimum Gasteiger partial charge on any atom is -0.491 e. The molecule has 0 aliphatic carbocycles. The molecule has 22 heavy (non-hydrogen) atoms. The Kier molecular flexibility index (Phi) is 7.50. The molecule has 2 aromatic carbocycles. The predicted molar refractivity (Wildman–Crippen MR) is 90.5 cm³/mol. The van der Waals surface area contributed by atoms with Gasteiger partial charge in [0.1, 0.15) is 12.4 Å². The highest BCUT2D eigenvalue weighted by atomic mass is 16.5. The number of rotatable bonds is 10. The summed E-state index contributed by atoms with van der Waals surface area (Å²) in [5.41, 5.74) is 2.57. The highest BCUT2D eigenvalue weighted by Gasteiger charge is 1.95. The number of aryl methyl sites for hydroxylation is 1. The van der Waals surface area contributed by atoms with Crippen LogP contribution in [0.5, 0.6) is 5.75 Å². The Morgan fingerprint density at radius 2 is 1.73 bits per heavy atom. The Hall–Kier alpha value is -1.84. The number of benzene rings is 2. The van der Waals surface area contributed by atoms with Crippen molar-refractivity contribution < 1.29 is 9.47 Å². The van der Waals surface area contributed by atoms with Crippen LogP contribution in [0.1, 0.15) is 11.1 Å². The van der Waals surface area contributed by atoms with Crippen LogP contribution < -0.4 is 10.1 Å². The number of hydrogen-bond acceptors (Lipinski definition) is 3. The average Bonchev–Trinajstić information content (AvgIpc) is 2.54. The summed E-state index contributed by atoms with van der Waals surface area (Å²) in [4.78, 5) is 0. The Morgan fingerprint density at radius 1 is 0.864 bits per heavy atom. The van der Waals surface area contributed by atoms with Gasteiger partial charge in [-0.05, 0) is 43.1 Å². The first-order chi connectivity index (χ1) is 10.8. The zero-order chi connectivity index (χ0) is 15.5. The van der Waals surface area contributed by atoms with E-state index in [0.717, 1.165) is 25.3 Å². The molecule has 2 aromatic rings. The quantitative estimate of drug-likeness (QED) is 0.683. The van der Waals surface area contributed by atoms with Crippen molar-refractivity contribution in [2.24, 2.45) is 0 Å². The molecule has 0 heterocycles. The summed E-state index contributed by atoms with van der Waals surface area (Å²) in [5.74, 6) is 0.907. The molecular formula is C19H25NO2. The molecular weight excluding hydrogens is 274 g/mol. The summed E-state index contributed by atoms with van der Waals surface area (Å²) in [7, 11) is 0. The molecule has 0 fully saturated rings. The van der Waals surface area contributed by atoms with Gasteiger partial charge < -0.3 is 14.8 Å². The van der Waals surface area contributed by atoms with E-state index in [1.165, 1.54) is 11.1 Å². The summed E-state index contributed by atoms with van der Waals surface area (Å²) in [6, 6.07) is 18.6. The van der Waals surface area contributed by atoms with E-state index in [-0.39, 0.29) is 0 Å². The van der Waals surface area contributed by atoms with E-state index >= 15 is 0 Å². The van der Waals surface area contributed by atoms with E-state index in [1.807, 2.05) is 24.3 Å². The van der Waals surface area contributed by atoms with Crippen molar-refractivity contribution in [1.29, 1.82) is 0 Å². The highest BCUT2D eigenvalue weighted by Crippen LogP contribution is 2.11. The van der Waals surface area contributed by atoms with Crippen molar-refractivity contribution >= 4 is 0 Å². The van der Waals surface area contributed by atoms with Crippen LogP contribution in [0, 0.1) is 6.92 Å². The second-order valence-electron chi connectivity index (χ2n) is 5.26. The fourth-order valence-electron chi connectivity index (χ4n) is 2.17. The van der Waals surface area contributed by atoms with Crippen LogP contribution in [-0.4, -0.2) is 32.9 Å². The summed E-state index contributed by atoms with van der Waals surface area (Å²) in [6.07, 6.45) is 1.05. The van der Waals surface area contributed by atoms with E-state index in [0.29, 0.717) is 19.8 Å². The minimum absolute atomic E-state index is 0.591. The van der Waals surface area contributed by atoms with E-state index < -0.39 is 0 Å². The lowest BCUT2D eigenvalue weighted by molar-refractivity contribution is 0.102. The molecule has 0 bridgehead atoms. The third-order valence-corrected chi connectivity index (χ3v) is 3.34. The van der Waals surface area contributed by atoms with Gasteiger partial charge in [0.2, 0.25) is 0 Å². The van der Waals surface area contributed by atoms with Gasteiger partial charge in [0.15, 0.2) is 0 Å². The van der Waals surface area contributed by atoms with E-state index in [2.05, 4.69) is 42.6 Å². The molecule has 0 spiro atoms. The largest absolute Gasteiger partial charge is 0.491 e. The van der Waals surface area contributed by atoms with Gasteiger partial charge in [-0.2, -0.15) is 0 Å². The molecule has 3 heteroatoms. The average molecular weight is 299 g/mol. The Morgan fingerprint density at radius 3 is 2.55 bits per heavy atom. The molecule has 1 N–H and O–H groups in total. The SMILES string of the molecule is Cc1cccc(OCCOCCNCCc2ccccc2)c1. The van der Waals surface area contributed by atoms with Gasteiger partial charge in [-0.3, -0.25) is 0 Å². The van der Waals surface area contributed by atoms with E-state index in [4.69, 9.17) is 9.47 Å². The lowest BCUT2D eigenvalue weighted by Gasteiger charge is -2.08. The maximum Gasteiger partial charge on any atom is 0.119 e. The molecule has 0 aliphatic rings. The first-order valence-corrected chi connectivity index (χ1v) is 7.86. The Balaban J connectivity index is 1.43. The number of hydrogen-bond donors (Lipinski definition) is 1. The zero-order valence-electron chi connectivity index (χ0n) is 13.3. The van der Waals surface area contributed by atoms with Gasteiger partial charge in [-0.1, -0.05) is 42.5 Å². The molecule has 0 radical (unpaired) electrons. The van der Waals surface area contributed by atoms with Crippen LogP contribution in [0.15, 0.2) is 54.6 Å². The maximum absolute atomic E-state index is 5.63. The van der Waals surface area contributed by atoms with Crippen LogP contribution >= 0.6 is 0 Å². The number of ether oxygens (including phenoxy) is 2. The first kappa shape index (κ1) is 16.5. The van der Waals surface area contributed by atoms with Crippen molar-refractivity contribution in [3.63, 3.8) is 0 Å². The van der Waals surface area contributed by atoms with Crippen LogP contribution in [0.3, 0.4) is 0 Å². The Labute approximate surface area is 133 Å². The highest BCUT2D eigenvalue weighted by molar-refractivity contribution is 5.27. The summed E-state index contributed by atoms with van der Waals surface area (Å²) < 4.78 is 11.2. The molecule has 3 nitrogen and oxygen atoms in total. The van der Waals surface area contributed by atoms with Gasteiger partial charge in [0.25, 0.3) is 0 Å². The standard InChI is InChI=1S/C19H25NO2/c1-17-6-5-9-19(16-17)22-15-14-21-13-12-20-11-10-18-7-3-2-4-8-18/h2-9,16,20H,10-15H2,1H3. The van der Waals surface area contributed by atoms with Gasteiger partial charge in [0, 0.05) is 6.54 Å². The van der Waals surface area contributed by atoms with Crippen molar-refractivity contribution in [3.05, 3.63) is 65.7 Å². The topological polar surface area (TPSA) is 30.5 Å². The van der Waals surface area contributed by atoms with Crippen LogP contribution in [-0.2, 0) is 11.2 Å². The van der Waals surface area contributed by atoms with E-state index in [9.17, 15) is 0 Å². The normalized spacial score (nSPS) is 10.6. The smallest absolute Gasteiger partial charge is 0.119 e. The fourth-order valence-corrected chi connectivity index (χ4v) is 2.17. The number of nitrogens with one attached hydrogen (secondary N) is 1. The Bertz CT molecular complexity index is 528.